The summed E-state index contributed by atoms with van der Waals surface area (Å²) in [5.41, 5.74) is 0.137. The number of amides is 1. The first kappa shape index (κ1) is 12.4. The summed E-state index contributed by atoms with van der Waals surface area (Å²) in [6, 6.07) is 1.91. The van der Waals surface area contributed by atoms with Gasteiger partial charge in [0.2, 0.25) is 5.91 Å². The molecule has 17 heavy (non-hydrogen) atoms. The molecule has 0 radical (unpaired) electrons. The van der Waals surface area contributed by atoms with Crippen molar-refractivity contribution in [3.8, 4) is 6.07 Å². The van der Waals surface area contributed by atoms with Crippen LogP contribution in [0.4, 0.5) is 0 Å². The molecule has 1 atom stereocenters. The largest absolute Gasteiger partial charge is 0.396 e. The zero-order valence-electron chi connectivity index (χ0n) is 10.2. The highest BCUT2D eigenvalue weighted by Crippen LogP contribution is 2.47. The van der Waals surface area contributed by atoms with Gasteiger partial charge in [0, 0.05) is 25.6 Å². The second-order valence-corrected chi connectivity index (χ2v) is 5.41. The third kappa shape index (κ3) is 2.30. The number of aliphatic hydroxyl groups excluding tert-OH is 1. The molecule has 4 nitrogen and oxygen atoms in total. The summed E-state index contributed by atoms with van der Waals surface area (Å²) in [6.45, 7) is 1.55. The molecule has 4 heteroatoms. The molecule has 1 aliphatic carbocycles. The van der Waals surface area contributed by atoms with E-state index in [-0.39, 0.29) is 30.3 Å². The lowest BCUT2D eigenvalue weighted by Crippen LogP contribution is -2.35. The van der Waals surface area contributed by atoms with Gasteiger partial charge >= 0.3 is 0 Å². The smallest absolute Gasteiger partial charge is 0.236 e. The van der Waals surface area contributed by atoms with Gasteiger partial charge in [0.25, 0.3) is 0 Å². The summed E-state index contributed by atoms with van der Waals surface area (Å²) in [6.07, 6.45) is 5.89. The lowest BCUT2D eigenvalue weighted by atomic mass is 9.68. The van der Waals surface area contributed by atoms with Crippen LogP contribution in [0.3, 0.4) is 0 Å². The second kappa shape index (κ2) is 5.05. The maximum absolute atomic E-state index is 11.8. The van der Waals surface area contributed by atoms with Crippen LogP contribution in [0.1, 0.15) is 38.5 Å². The summed E-state index contributed by atoms with van der Waals surface area (Å²) in [5, 5.41) is 18.1. The fourth-order valence-corrected chi connectivity index (χ4v) is 3.48. The van der Waals surface area contributed by atoms with Crippen molar-refractivity contribution in [2.24, 2.45) is 11.3 Å². The van der Waals surface area contributed by atoms with Gasteiger partial charge in [-0.25, -0.2) is 0 Å². The summed E-state index contributed by atoms with van der Waals surface area (Å²) < 4.78 is 0. The SMILES string of the molecule is N#CCC(=O)N1C[C@@H](CO)C2(CCCCC2)C1. The molecule has 0 aromatic rings. The number of carbonyl (C=O) groups excluding carboxylic acids is 1. The van der Waals surface area contributed by atoms with Crippen LogP contribution in [0.15, 0.2) is 0 Å². The number of likely N-dealkylation sites (tertiary alicyclic amines) is 1. The van der Waals surface area contributed by atoms with Crippen molar-refractivity contribution in [2.75, 3.05) is 19.7 Å². The van der Waals surface area contributed by atoms with Gasteiger partial charge in [-0.05, 0) is 18.3 Å². The van der Waals surface area contributed by atoms with Gasteiger partial charge in [0.15, 0.2) is 0 Å². The minimum atomic E-state index is -0.0756. The van der Waals surface area contributed by atoms with Crippen molar-refractivity contribution in [1.29, 1.82) is 5.26 Å². The molecule has 0 aromatic heterocycles. The summed E-state index contributed by atoms with van der Waals surface area (Å²) >= 11 is 0. The molecule has 1 saturated heterocycles. The highest BCUT2D eigenvalue weighted by atomic mass is 16.3. The molecule has 2 rings (SSSR count). The van der Waals surface area contributed by atoms with Gasteiger partial charge < -0.3 is 10.0 Å². The van der Waals surface area contributed by atoms with Crippen LogP contribution >= 0.6 is 0 Å². The van der Waals surface area contributed by atoms with Crippen LogP contribution in [-0.4, -0.2) is 35.6 Å². The molecule has 1 heterocycles. The zero-order chi connectivity index (χ0) is 12.3. The van der Waals surface area contributed by atoms with Crippen LogP contribution in [-0.2, 0) is 4.79 Å². The molecule has 0 unspecified atom stereocenters. The summed E-state index contributed by atoms with van der Waals surface area (Å²) in [5.74, 6) is 0.138. The normalized spacial score (nSPS) is 27.1. The molecule has 1 amide bonds. The first-order valence-electron chi connectivity index (χ1n) is 6.47. The Labute approximate surface area is 102 Å². The zero-order valence-corrected chi connectivity index (χ0v) is 10.2. The van der Waals surface area contributed by atoms with Gasteiger partial charge in [-0.2, -0.15) is 5.26 Å². The van der Waals surface area contributed by atoms with Crippen molar-refractivity contribution in [3.05, 3.63) is 0 Å². The van der Waals surface area contributed by atoms with Crippen molar-refractivity contribution in [2.45, 2.75) is 38.5 Å². The number of nitriles is 1. The summed E-state index contributed by atoms with van der Waals surface area (Å²) in [7, 11) is 0. The average molecular weight is 236 g/mol. The molecular weight excluding hydrogens is 216 g/mol. The van der Waals surface area contributed by atoms with Crippen LogP contribution in [0, 0.1) is 22.7 Å². The topological polar surface area (TPSA) is 64.3 Å². The van der Waals surface area contributed by atoms with E-state index in [1.807, 2.05) is 6.07 Å². The monoisotopic (exact) mass is 236 g/mol. The van der Waals surface area contributed by atoms with E-state index in [9.17, 15) is 9.90 Å². The van der Waals surface area contributed by atoms with E-state index < -0.39 is 0 Å². The predicted molar refractivity (Wildman–Crippen MR) is 62.9 cm³/mol. The molecule has 1 saturated carbocycles. The maximum Gasteiger partial charge on any atom is 0.236 e. The van der Waals surface area contributed by atoms with Crippen LogP contribution in [0.5, 0.6) is 0 Å². The van der Waals surface area contributed by atoms with Crippen molar-refractivity contribution < 1.29 is 9.90 Å². The highest BCUT2D eigenvalue weighted by molar-refractivity contribution is 5.78. The minimum absolute atomic E-state index is 0.0335. The molecule has 0 aromatic carbocycles. The van der Waals surface area contributed by atoms with E-state index in [0.29, 0.717) is 6.54 Å². The Kier molecular flexibility index (Phi) is 3.68. The van der Waals surface area contributed by atoms with Crippen molar-refractivity contribution >= 4 is 5.91 Å². The predicted octanol–water partition coefficient (Wildman–Crippen LogP) is 1.30. The molecule has 94 valence electrons. The molecule has 1 N–H and O–H groups in total. The number of nitrogens with zero attached hydrogens (tertiary/aromatic N) is 2. The lowest BCUT2D eigenvalue weighted by Gasteiger charge is -2.37. The first-order valence-corrected chi connectivity index (χ1v) is 6.47. The van der Waals surface area contributed by atoms with E-state index in [2.05, 4.69) is 0 Å². The van der Waals surface area contributed by atoms with E-state index in [1.165, 1.54) is 19.3 Å². The van der Waals surface area contributed by atoms with Gasteiger partial charge in [0.05, 0.1) is 6.07 Å². The van der Waals surface area contributed by atoms with Gasteiger partial charge in [0.1, 0.15) is 6.42 Å². The molecular formula is C13H20N2O2. The molecule has 1 spiro atoms. The van der Waals surface area contributed by atoms with Crippen molar-refractivity contribution in [1.82, 2.24) is 4.90 Å². The Morgan fingerprint density at radius 3 is 2.71 bits per heavy atom. The molecule has 1 aliphatic heterocycles. The maximum atomic E-state index is 11.8. The van der Waals surface area contributed by atoms with E-state index in [0.717, 1.165) is 19.4 Å². The quantitative estimate of drug-likeness (QED) is 0.786. The van der Waals surface area contributed by atoms with E-state index >= 15 is 0 Å². The molecule has 2 fully saturated rings. The Bertz CT molecular complexity index is 329. The minimum Gasteiger partial charge on any atom is -0.396 e. The Hall–Kier alpha value is -1.08. The fourth-order valence-electron chi connectivity index (χ4n) is 3.48. The first-order chi connectivity index (χ1) is 8.22. The number of aliphatic hydroxyl groups is 1. The summed E-state index contributed by atoms with van der Waals surface area (Å²) in [4.78, 5) is 13.5. The van der Waals surface area contributed by atoms with Crippen molar-refractivity contribution in [3.63, 3.8) is 0 Å². The number of hydrogen-bond acceptors (Lipinski definition) is 3. The van der Waals surface area contributed by atoms with Crippen LogP contribution < -0.4 is 0 Å². The Balaban J connectivity index is 2.08. The molecule has 2 aliphatic rings. The number of rotatable bonds is 2. The Morgan fingerprint density at radius 1 is 1.41 bits per heavy atom. The van der Waals surface area contributed by atoms with E-state index in [1.54, 1.807) is 4.90 Å². The van der Waals surface area contributed by atoms with Crippen LogP contribution in [0.2, 0.25) is 0 Å². The highest BCUT2D eigenvalue weighted by Gasteiger charge is 2.47. The fraction of sp³-hybridized carbons (Fsp3) is 0.846. The number of hydrogen-bond donors (Lipinski definition) is 1. The standard InChI is InChI=1S/C13H20N2O2/c14-7-4-12(17)15-8-11(9-16)13(10-15)5-2-1-3-6-13/h11,16H,1-6,8-10H2/t11-/m0/s1. The second-order valence-electron chi connectivity index (χ2n) is 5.41. The molecule has 0 bridgehead atoms. The Morgan fingerprint density at radius 2 is 2.12 bits per heavy atom. The van der Waals surface area contributed by atoms with E-state index in [4.69, 9.17) is 5.26 Å². The van der Waals surface area contributed by atoms with Gasteiger partial charge in [-0.3, -0.25) is 4.79 Å². The third-order valence-corrected chi connectivity index (χ3v) is 4.47. The van der Waals surface area contributed by atoms with Crippen LogP contribution in [0.25, 0.3) is 0 Å². The van der Waals surface area contributed by atoms with Gasteiger partial charge in [-0.15, -0.1) is 0 Å². The van der Waals surface area contributed by atoms with Gasteiger partial charge in [-0.1, -0.05) is 19.3 Å². The average Bonchev–Trinajstić information content (AvgIpc) is 2.69. The number of carbonyl (C=O) groups is 1. The lowest BCUT2D eigenvalue weighted by molar-refractivity contribution is -0.129. The third-order valence-electron chi connectivity index (χ3n) is 4.47.